The number of sulfonamides is 1. The van der Waals surface area contributed by atoms with Crippen molar-refractivity contribution in [3.05, 3.63) is 130 Å². The predicted octanol–water partition coefficient (Wildman–Crippen LogP) is 6.91. The van der Waals surface area contributed by atoms with E-state index in [1.54, 1.807) is 55.5 Å². The standard InChI is InChI=1S/C35H37Cl2N3O4S/c1-25(2)22-38-35(42)33(20-27-11-6-4-7-12-27)39(23-28-13-10-14-29(36)19-28)34(41)24-40(32-21-30(37)18-17-26(32)3)45(43,44)31-15-8-5-9-16-31/h4-19,21,25,33H,20,22-24H2,1-3H3,(H,38,42). The fourth-order valence-corrected chi connectivity index (χ4v) is 6.76. The van der Waals surface area contributed by atoms with Crippen molar-refractivity contribution in [1.82, 2.24) is 10.2 Å². The number of anilines is 1. The molecule has 45 heavy (non-hydrogen) atoms. The molecule has 0 heterocycles. The molecule has 1 N–H and O–H groups in total. The van der Waals surface area contributed by atoms with Gasteiger partial charge in [0.05, 0.1) is 10.6 Å². The molecular formula is C35H37Cl2N3O4S. The molecule has 0 saturated carbocycles. The third-order valence-corrected chi connectivity index (χ3v) is 9.49. The van der Waals surface area contributed by atoms with Crippen molar-refractivity contribution in [2.45, 2.75) is 44.7 Å². The van der Waals surface area contributed by atoms with Crippen LogP contribution in [0.4, 0.5) is 5.69 Å². The van der Waals surface area contributed by atoms with Crippen molar-refractivity contribution in [1.29, 1.82) is 0 Å². The Morgan fingerprint density at radius 3 is 2.07 bits per heavy atom. The molecular weight excluding hydrogens is 629 g/mol. The summed E-state index contributed by atoms with van der Waals surface area (Å²) in [4.78, 5) is 29.9. The molecule has 4 aromatic rings. The Morgan fingerprint density at radius 1 is 0.800 bits per heavy atom. The normalized spacial score (nSPS) is 12.0. The molecule has 0 aliphatic carbocycles. The van der Waals surface area contributed by atoms with Crippen LogP contribution in [-0.2, 0) is 32.6 Å². The number of carbonyl (C=O) groups is 2. The van der Waals surface area contributed by atoms with Crippen LogP contribution in [0.1, 0.15) is 30.5 Å². The minimum atomic E-state index is -4.22. The lowest BCUT2D eigenvalue weighted by atomic mass is 10.0. The van der Waals surface area contributed by atoms with Crippen molar-refractivity contribution in [3.8, 4) is 0 Å². The second-order valence-electron chi connectivity index (χ2n) is 11.3. The molecule has 0 saturated heterocycles. The van der Waals surface area contributed by atoms with Gasteiger partial charge in [-0.2, -0.15) is 0 Å². The van der Waals surface area contributed by atoms with Gasteiger partial charge in [0.25, 0.3) is 10.0 Å². The van der Waals surface area contributed by atoms with Gasteiger partial charge in [0.2, 0.25) is 11.8 Å². The number of amides is 2. The zero-order chi connectivity index (χ0) is 32.6. The van der Waals surface area contributed by atoms with Crippen LogP contribution in [0.3, 0.4) is 0 Å². The van der Waals surface area contributed by atoms with E-state index in [4.69, 9.17) is 23.2 Å². The summed E-state index contributed by atoms with van der Waals surface area (Å²) >= 11 is 12.6. The largest absolute Gasteiger partial charge is 0.354 e. The highest BCUT2D eigenvalue weighted by Crippen LogP contribution is 2.30. The molecule has 0 fully saturated rings. The minimum absolute atomic E-state index is 0.0223. The summed E-state index contributed by atoms with van der Waals surface area (Å²) in [5, 5.41) is 3.78. The summed E-state index contributed by atoms with van der Waals surface area (Å²) in [5.74, 6) is -0.713. The molecule has 2 amide bonds. The first kappa shape index (κ1) is 34.0. The van der Waals surface area contributed by atoms with Crippen molar-refractivity contribution >= 4 is 50.7 Å². The second kappa shape index (κ2) is 15.4. The number of benzene rings is 4. The van der Waals surface area contributed by atoms with Crippen LogP contribution < -0.4 is 9.62 Å². The molecule has 4 rings (SSSR count). The molecule has 0 spiro atoms. The number of aryl methyl sites for hydroxylation is 1. The summed E-state index contributed by atoms with van der Waals surface area (Å²) in [6.07, 6.45) is 0.221. The summed E-state index contributed by atoms with van der Waals surface area (Å²) < 4.78 is 29.4. The lowest BCUT2D eigenvalue weighted by Gasteiger charge is -2.34. The fraction of sp³-hybridized carbons (Fsp3) is 0.257. The molecule has 4 aromatic carbocycles. The number of carbonyl (C=O) groups excluding carboxylic acids is 2. The van der Waals surface area contributed by atoms with Gasteiger partial charge < -0.3 is 10.2 Å². The molecule has 10 heteroatoms. The van der Waals surface area contributed by atoms with Gasteiger partial charge in [-0.1, -0.05) is 104 Å². The second-order valence-corrected chi connectivity index (χ2v) is 14.0. The molecule has 0 bridgehead atoms. The maximum atomic E-state index is 14.5. The smallest absolute Gasteiger partial charge is 0.264 e. The maximum Gasteiger partial charge on any atom is 0.264 e. The van der Waals surface area contributed by atoms with E-state index >= 15 is 0 Å². The van der Waals surface area contributed by atoms with Crippen LogP contribution in [0, 0.1) is 12.8 Å². The van der Waals surface area contributed by atoms with Crippen molar-refractivity contribution in [2.75, 3.05) is 17.4 Å². The molecule has 7 nitrogen and oxygen atoms in total. The van der Waals surface area contributed by atoms with Gasteiger partial charge >= 0.3 is 0 Å². The Labute approximate surface area is 275 Å². The molecule has 0 aromatic heterocycles. The predicted molar refractivity (Wildman–Crippen MR) is 181 cm³/mol. The average Bonchev–Trinajstić information content (AvgIpc) is 3.02. The topological polar surface area (TPSA) is 86.8 Å². The Morgan fingerprint density at radius 2 is 1.42 bits per heavy atom. The van der Waals surface area contributed by atoms with Gasteiger partial charge in [-0.05, 0) is 65.9 Å². The zero-order valence-electron chi connectivity index (χ0n) is 25.5. The van der Waals surface area contributed by atoms with Crippen LogP contribution in [-0.4, -0.2) is 44.3 Å². The number of rotatable bonds is 13. The quantitative estimate of drug-likeness (QED) is 0.168. The summed E-state index contributed by atoms with van der Waals surface area (Å²) in [6.45, 7) is 5.61. The molecule has 0 aliphatic rings. The SMILES string of the molecule is Cc1ccc(Cl)cc1N(CC(=O)N(Cc1cccc(Cl)c1)C(Cc1ccccc1)C(=O)NCC(C)C)S(=O)(=O)c1ccccc1. The first-order valence-electron chi connectivity index (χ1n) is 14.6. The highest BCUT2D eigenvalue weighted by molar-refractivity contribution is 7.92. The molecule has 236 valence electrons. The summed E-state index contributed by atoms with van der Waals surface area (Å²) in [5.41, 5.74) is 2.43. The third kappa shape index (κ3) is 9.10. The van der Waals surface area contributed by atoms with Gasteiger partial charge in [0, 0.05) is 29.6 Å². The molecule has 0 aliphatic heterocycles. The van der Waals surface area contributed by atoms with Crippen LogP contribution in [0.5, 0.6) is 0 Å². The monoisotopic (exact) mass is 665 g/mol. The van der Waals surface area contributed by atoms with Crippen LogP contribution in [0.2, 0.25) is 10.0 Å². The van der Waals surface area contributed by atoms with E-state index < -0.39 is 28.5 Å². The van der Waals surface area contributed by atoms with E-state index in [9.17, 15) is 18.0 Å². The average molecular weight is 667 g/mol. The summed E-state index contributed by atoms with van der Waals surface area (Å²) in [7, 11) is -4.22. The van der Waals surface area contributed by atoms with Gasteiger partial charge in [0.1, 0.15) is 12.6 Å². The summed E-state index contributed by atoms with van der Waals surface area (Å²) in [6, 6.07) is 28.3. The minimum Gasteiger partial charge on any atom is -0.354 e. The lowest BCUT2D eigenvalue weighted by Crippen LogP contribution is -2.53. The number of hydrogen-bond acceptors (Lipinski definition) is 4. The highest BCUT2D eigenvalue weighted by Gasteiger charge is 2.35. The Bertz CT molecular complexity index is 1720. The molecule has 1 unspecified atom stereocenters. The van der Waals surface area contributed by atoms with Gasteiger partial charge in [-0.15, -0.1) is 0 Å². The van der Waals surface area contributed by atoms with E-state index in [1.165, 1.54) is 23.1 Å². The van der Waals surface area contributed by atoms with Crippen LogP contribution in [0.25, 0.3) is 0 Å². The molecule has 1 atom stereocenters. The Hall–Kier alpha value is -3.85. The number of nitrogens with one attached hydrogen (secondary N) is 1. The Balaban J connectivity index is 1.82. The van der Waals surface area contributed by atoms with Gasteiger partial charge in [0.15, 0.2) is 0 Å². The van der Waals surface area contributed by atoms with Gasteiger partial charge in [-0.3, -0.25) is 13.9 Å². The van der Waals surface area contributed by atoms with E-state index in [2.05, 4.69) is 5.32 Å². The first-order chi connectivity index (χ1) is 21.5. The van der Waals surface area contributed by atoms with Crippen molar-refractivity contribution in [2.24, 2.45) is 5.92 Å². The zero-order valence-corrected chi connectivity index (χ0v) is 27.8. The molecule has 0 radical (unpaired) electrons. The van der Waals surface area contributed by atoms with Gasteiger partial charge in [-0.25, -0.2) is 8.42 Å². The first-order valence-corrected chi connectivity index (χ1v) is 16.8. The number of nitrogens with zero attached hydrogens (tertiary/aromatic N) is 2. The van der Waals surface area contributed by atoms with Crippen molar-refractivity contribution < 1.29 is 18.0 Å². The number of hydrogen-bond donors (Lipinski definition) is 1. The van der Waals surface area contributed by atoms with E-state index in [0.29, 0.717) is 27.7 Å². The van der Waals surface area contributed by atoms with Crippen LogP contribution in [0.15, 0.2) is 108 Å². The Kier molecular flexibility index (Phi) is 11.7. The lowest BCUT2D eigenvalue weighted by molar-refractivity contribution is -0.140. The van der Waals surface area contributed by atoms with Crippen LogP contribution >= 0.6 is 23.2 Å². The highest BCUT2D eigenvalue weighted by atomic mass is 35.5. The van der Waals surface area contributed by atoms with E-state index in [0.717, 1.165) is 9.87 Å². The van der Waals surface area contributed by atoms with E-state index in [1.807, 2.05) is 50.2 Å². The van der Waals surface area contributed by atoms with Crippen molar-refractivity contribution in [3.63, 3.8) is 0 Å². The maximum absolute atomic E-state index is 14.5. The fourth-order valence-electron chi connectivity index (χ4n) is 4.89. The van der Waals surface area contributed by atoms with E-state index in [-0.39, 0.29) is 35.4 Å². The number of halogens is 2. The third-order valence-electron chi connectivity index (χ3n) is 7.25.